The summed E-state index contributed by atoms with van der Waals surface area (Å²) in [5, 5.41) is 7.88. The highest BCUT2D eigenvalue weighted by atomic mass is 16.5. The summed E-state index contributed by atoms with van der Waals surface area (Å²) in [5.74, 6) is 0.0816. The molecular weight excluding hydrogens is 206 g/mol. The van der Waals surface area contributed by atoms with Gasteiger partial charge in [-0.3, -0.25) is 9.48 Å². The SMILES string of the molecule is CC(=O)COCCCCCn1cc(C)nn1. The summed E-state index contributed by atoms with van der Waals surface area (Å²) >= 11 is 0. The first-order valence-corrected chi connectivity index (χ1v) is 5.62. The van der Waals surface area contributed by atoms with E-state index in [-0.39, 0.29) is 12.4 Å². The molecule has 0 bridgehead atoms. The lowest BCUT2D eigenvalue weighted by Gasteiger charge is -2.02. The molecule has 1 heterocycles. The Bertz CT molecular complexity index is 323. The second-order valence-electron chi connectivity index (χ2n) is 3.94. The lowest BCUT2D eigenvalue weighted by atomic mass is 10.2. The van der Waals surface area contributed by atoms with Crippen molar-refractivity contribution in [3.05, 3.63) is 11.9 Å². The lowest BCUT2D eigenvalue weighted by molar-refractivity contribution is -0.121. The van der Waals surface area contributed by atoms with Crippen molar-refractivity contribution < 1.29 is 9.53 Å². The highest BCUT2D eigenvalue weighted by Gasteiger charge is 1.96. The summed E-state index contributed by atoms with van der Waals surface area (Å²) in [7, 11) is 0. The summed E-state index contributed by atoms with van der Waals surface area (Å²) in [6.07, 6.45) is 5.07. The van der Waals surface area contributed by atoms with Crippen molar-refractivity contribution in [1.29, 1.82) is 0 Å². The molecule has 1 aromatic rings. The number of ketones is 1. The predicted molar refractivity (Wildman–Crippen MR) is 60.1 cm³/mol. The van der Waals surface area contributed by atoms with Crippen LogP contribution in [0.25, 0.3) is 0 Å². The number of aryl methyl sites for hydroxylation is 2. The van der Waals surface area contributed by atoms with Crippen LogP contribution in [0.5, 0.6) is 0 Å². The van der Waals surface area contributed by atoms with Gasteiger partial charge in [0, 0.05) is 19.3 Å². The van der Waals surface area contributed by atoms with Crippen LogP contribution in [0.4, 0.5) is 0 Å². The van der Waals surface area contributed by atoms with Crippen LogP contribution in [-0.2, 0) is 16.1 Å². The molecule has 0 unspecified atom stereocenters. The number of ether oxygens (including phenoxy) is 1. The highest BCUT2D eigenvalue weighted by molar-refractivity contribution is 5.76. The molecule has 0 saturated carbocycles. The van der Waals surface area contributed by atoms with E-state index in [9.17, 15) is 4.79 Å². The molecule has 0 aliphatic rings. The first-order valence-electron chi connectivity index (χ1n) is 5.62. The Morgan fingerprint density at radius 2 is 2.25 bits per heavy atom. The zero-order valence-electron chi connectivity index (χ0n) is 9.98. The van der Waals surface area contributed by atoms with Gasteiger partial charge < -0.3 is 4.74 Å². The van der Waals surface area contributed by atoms with Crippen LogP contribution in [-0.4, -0.2) is 34.0 Å². The zero-order valence-corrected chi connectivity index (χ0v) is 9.98. The van der Waals surface area contributed by atoms with E-state index in [1.807, 2.05) is 17.8 Å². The Hall–Kier alpha value is -1.23. The van der Waals surface area contributed by atoms with Crippen LogP contribution in [0, 0.1) is 6.92 Å². The third-order valence-electron chi connectivity index (χ3n) is 2.13. The van der Waals surface area contributed by atoms with Gasteiger partial charge in [-0.2, -0.15) is 0 Å². The van der Waals surface area contributed by atoms with E-state index >= 15 is 0 Å². The van der Waals surface area contributed by atoms with Crippen LogP contribution < -0.4 is 0 Å². The van der Waals surface area contributed by atoms with E-state index in [1.165, 1.54) is 6.92 Å². The second kappa shape index (κ2) is 7.11. The molecule has 0 amide bonds. The average molecular weight is 225 g/mol. The van der Waals surface area contributed by atoms with Crippen molar-refractivity contribution in [1.82, 2.24) is 15.0 Å². The predicted octanol–water partition coefficient (Wildman–Crippen LogP) is 1.36. The molecule has 0 N–H and O–H groups in total. The minimum Gasteiger partial charge on any atom is -0.374 e. The smallest absolute Gasteiger partial charge is 0.155 e. The normalized spacial score (nSPS) is 10.6. The largest absolute Gasteiger partial charge is 0.374 e. The number of carbonyl (C=O) groups excluding carboxylic acids is 1. The molecule has 16 heavy (non-hydrogen) atoms. The van der Waals surface area contributed by atoms with Gasteiger partial charge >= 0.3 is 0 Å². The van der Waals surface area contributed by atoms with E-state index in [0.717, 1.165) is 31.5 Å². The molecule has 0 fully saturated rings. The van der Waals surface area contributed by atoms with Gasteiger partial charge in [0.25, 0.3) is 0 Å². The van der Waals surface area contributed by atoms with Gasteiger partial charge in [0.05, 0.1) is 5.69 Å². The Balaban J connectivity index is 1.94. The van der Waals surface area contributed by atoms with Crippen LogP contribution in [0.15, 0.2) is 6.20 Å². The van der Waals surface area contributed by atoms with Gasteiger partial charge in [-0.25, -0.2) is 0 Å². The molecule has 5 heteroatoms. The molecule has 1 aromatic heterocycles. The summed E-state index contributed by atoms with van der Waals surface area (Å²) in [5.41, 5.74) is 0.949. The number of Topliss-reactive ketones (excluding diaryl/α,β-unsaturated/α-hetero) is 1. The van der Waals surface area contributed by atoms with E-state index in [1.54, 1.807) is 0 Å². The molecule has 0 aliphatic carbocycles. The maximum atomic E-state index is 10.6. The van der Waals surface area contributed by atoms with Crippen molar-refractivity contribution in [2.75, 3.05) is 13.2 Å². The molecule has 0 aromatic carbocycles. The molecule has 0 atom stereocenters. The second-order valence-corrected chi connectivity index (χ2v) is 3.94. The van der Waals surface area contributed by atoms with Gasteiger partial charge in [-0.1, -0.05) is 5.21 Å². The van der Waals surface area contributed by atoms with Crippen LogP contribution in [0.2, 0.25) is 0 Å². The van der Waals surface area contributed by atoms with Gasteiger partial charge in [-0.05, 0) is 33.1 Å². The maximum Gasteiger partial charge on any atom is 0.155 e. The first kappa shape index (κ1) is 12.8. The third-order valence-corrected chi connectivity index (χ3v) is 2.13. The number of hydrogen-bond donors (Lipinski definition) is 0. The Kier molecular flexibility index (Phi) is 5.71. The van der Waals surface area contributed by atoms with Crippen molar-refractivity contribution in [2.24, 2.45) is 0 Å². The standard InChI is InChI=1S/C11H19N3O2/c1-10-8-14(13-12-10)6-4-3-5-7-16-9-11(2)15/h8H,3-7,9H2,1-2H3. The fraction of sp³-hybridized carbons (Fsp3) is 0.727. The number of hydrogen-bond acceptors (Lipinski definition) is 4. The van der Waals surface area contributed by atoms with Crippen molar-refractivity contribution in [3.63, 3.8) is 0 Å². The van der Waals surface area contributed by atoms with E-state index in [4.69, 9.17) is 4.74 Å². The average Bonchev–Trinajstić information content (AvgIpc) is 2.62. The third kappa shape index (κ3) is 5.60. The minimum absolute atomic E-state index is 0.0816. The van der Waals surface area contributed by atoms with E-state index in [2.05, 4.69) is 10.3 Å². The Labute approximate surface area is 95.8 Å². The number of aromatic nitrogens is 3. The molecule has 0 aliphatic heterocycles. The van der Waals surface area contributed by atoms with Gasteiger partial charge in [0.2, 0.25) is 0 Å². The fourth-order valence-electron chi connectivity index (χ4n) is 1.38. The molecular formula is C11H19N3O2. The quantitative estimate of drug-likeness (QED) is 0.627. The first-order chi connectivity index (χ1) is 7.68. The Morgan fingerprint density at radius 1 is 1.44 bits per heavy atom. The number of unbranched alkanes of at least 4 members (excludes halogenated alkanes) is 2. The van der Waals surface area contributed by atoms with Crippen molar-refractivity contribution in [2.45, 2.75) is 39.7 Å². The molecule has 0 saturated heterocycles. The maximum absolute atomic E-state index is 10.6. The van der Waals surface area contributed by atoms with Gasteiger partial charge in [0.15, 0.2) is 5.78 Å². The monoisotopic (exact) mass is 225 g/mol. The molecule has 0 radical (unpaired) electrons. The molecule has 5 nitrogen and oxygen atoms in total. The van der Waals surface area contributed by atoms with E-state index < -0.39 is 0 Å². The lowest BCUT2D eigenvalue weighted by Crippen LogP contribution is -2.05. The van der Waals surface area contributed by atoms with Gasteiger partial charge in [-0.15, -0.1) is 5.10 Å². The van der Waals surface area contributed by atoms with Crippen molar-refractivity contribution in [3.8, 4) is 0 Å². The molecule has 0 spiro atoms. The minimum atomic E-state index is 0.0816. The van der Waals surface area contributed by atoms with Gasteiger partial charge in [0.1, 0.15) is 6.61 Å². The topological polar surface area (TPSA) is 57.0 Å². The van der Waals surface area contributed by atoms with Crippen LogP contribution >= 0.6 is 0 Å². The summed E-state index contributed by atoms with van der Waals surface area (Å²) < 4.78 is 7.02. The van der Waals surface area contributed by atoms with Crippen LogP contribution in [0.1, 0.15) is 31.9 Å². The summed E-state index contributed by atoms with van der Waals surface area (Å²) in [6.45, 7) is 5.26. The molecule has 1 rings (SSSR count). The number of rotatable bonds is 8. The molecule has 90 valence electrons. The van der Waals surface area contributed by atoms with E-state index in [0.29, 0.717) is 6.61 Å². The Morgan fingerprint density at radius 3 is 2.88 bits per heavy atom. The number of nitrogens with zero attached hydrogens (tertiary/aromatic N) is 3. The summed E-state index contributed by atoms with van der Waals surface area (Å²) in [4.78, 5) is 10.6. The zero-order chi connectivity index (χ0) is 11.8. The number of carbonyl (C=O) groups is 1. The van der Waals surface area contributed by atoms with Crippen molar-refractivity contribution >= 4 is 5.78 Å². The fourth-order valence-corrected chi connectivity index (χ4v) is 1.38. The van der Waals surface area contributed by atoms with Crippen LogP contribution in [0.3, 0.4) is 0 Å². The highest BCUT2D eigenvalue weighted by Crippen LogP contribution is 1.99. The summed E-state index contributed by atoms with van der Waals surface area (Å²) in [6, 6.07) is 0.